The number of aliphatic hydroxyl groups is 2. The van der Waals surface area contributed by atoms with E-state index >= 15 is 0 Å². The number of aliphatic hydroxyl groups excluding tert-OH is 1. The maximum atomic E-state index is 9.75. The fourth-order valence-electron chi connectivity index (χ4n) is 1.71. The van der Waals surface area contributed by atoms with Gasteiger partial charge in [0.05, 0.1) is 19.3 Å². The first-order chi connectivity index (χ1) is 8.39. The zero-order chi connectivity index (χ0) is 13.8. The standard InChI is InChI=1S/C14H23NO3/c1-10-5-6-12(13(7-10)18-4)11(2)15-8-14(3,17)9-16/h5-7,11,15-17H,8-9H2,1-4H3. The lowest BCUT2D eigenvalue weighted by Crippen LogP contribution is -2.41. The number of aryl methyl sites for hydroxylation is 1. The first kappa shape index (κ1) is 15.0. The second-order valence-electron chi connectivity index (χ2n) is 5.00. The Bertz CT molecular complexity index is 391. The van der Waals surface area contributed by atoms with Crippen molar-refractivity contribution in [3.63, 3.8) is 0 Å². The van der Waals surface area contributed by atoms with Gasteiger partial charge in [-0.15, -0.1) is 0 Å². The van der Waals surface area contributed by atoms with Crippen molar-refractivity contribution in [3.8, 4) is 5.75 Å². The van der Waals surface area contributed by atoms with E-state index in [9.17, 15) is 5.11 Å². The predicted octanol–water partition coefficient (Wildman–Crippen LogP) is 1.40. The average molecular weight is 253 g/mol. The van der Waals surface area contributed by atoms with Crippen LogP contribution in [0, 0.1) is 6.92 Å². The molecule has 0 radical (unpaired) electrons. The van der Waals surface area contributed by atoms with Crippen LogP contribution in [0.15, 0.2) is 18.2 Å². The molecule has 102 valence electrons. The van der Waals surface area contributed by atoms with Gasteiger partial charge >= 0.3 is 0 Å². The molecule has 0 saturated heterocycles. The molecule has 0 aliphatic heterocycles. The molecule has 0 spiro atoms. The van der Waals surface area contributed by atoms with Crippen molar-refractivity contribution < 1.29 is 14.9 Å². The molecule has 0 fully saturated rings. The zero-order valence-electron chi connectivity index (χ0n) is 11.5. The third-order valence-electron chi connectivity index (χ3n) is 2.99. The average Bonchev–Trinajstić information content (AvgIpc) is 2.36. The number of rotatable bonds is 6. The molecular weight excluding hydrogens is 230 g/mol. The predicted molar refractivity (Wildman–Crippen MR) is 71.9 cm³/mol. The maximum Gasteiger partial charge on any atom is 0.123 e. The van der Waals surface area contributed by atoms with Crippen LogP contribution in [0.25, 0.3) is 0 Å². The number of methoxy groups -OCH3 is 1. The van der Waals surface area contributed by atoms with E-state index in [0.717, 1.165) is 16.9 Å². The van der Waals surface area contributed by atoms with Crippen molar-refractivity contribution >= 4 is 0 Å². The number of hydrogen-bond acceptors (Lipinski definition) is 4. The topological polar surface area (TPSA) is 61.7 Å². The summed E-state index contributed by atoms with van der Waals surface area (Å²) in [5, 5.41) is 21.9. The minimum absolute atomic E-state index is 0.0403. The first-order valence-electron chi connectivity index (χ1n) is 6.11. The highest BCUT2D eigenvalue weighted by molar-refractivity contribution is 5.39. The maximum absolute atomic E-state index is 9.75. The van der Waals surface area contributed by atoms with E-state index in [4.69, 9.17) is 9.84 Å². The quantitative estimate of drug-likeness (QED) is 0.717. The molecule has 0 aliphatic carbocycles. The molecule has 4 nitrogen and oxygen atoms in total. The monoisotopic (exact) mass is 253 g/mol. The van der Waals surface area contributed by atoms with Gasteiger partial charge in [-0.05, 0) is 32.4 Å². The largest absolute Gasteiger partial charge is 0.496 e. The fourth-order valence-corrected chi connectivity index (χ4v) is 1.71. The van der Waals surface area contributed by atoms with E-state index < -0.39 is 5.60 Å². The molecule has 0 bridgehead atoms. The zero-order valence-corrected chi connectivity index (χ0v) is 11.5. The lowest BCUT2D eigenvalue weighted by molar-refractivity contribution is 0.00101. The smallest absolute Gasteiger partial charge is 0.123 e. The van der Waals surface area contributed by atoms with Crippen LogP contribution in [-0.2, 0) is 0 Å². The highest BCUT2D eigenvalue weighted by Gasteiger charge is 2.20. The summed E-state index contributed by atoms with van der Waals surface area (Å²) in [5.41, 5.74) is 1.08. The molecule has 18 heavy (non-hydrogen) atoms. The van der Waals surface area contributed by atoms with Crippen LogP contribution in [0.3, 0.4) is 0 Å². The van der Waals surface area contributed by atoms with Crippen molar-refractivity contribution in [2.45, 2.75) is 32.4 Å². The molecule has 0 heterocycles. The van der Waals surface area contributed by atoms with Gasteiger partial charge in [0.15, 0.2) is 0 Å². The Balaban J connectivity index is 2.75. The van der Waals surface area contributed by atoms with Gasteiger partial charge < -0.3 is 20.3 Å². The Hall–Kier alpha value is -1.10. The van der Waals surface area contributed by atoms with Crippen molar-refractivity contribution in [2.24, 2.45) is 0 Å². The molecule has 1 rings (SSSR count). The van der Waals surface area contributed by atoms with Gasteiger partial charge in [0, 0.05) is 18.2 Å². The van der Waals surface area contributed by atoms with Crippen LogP contribution in [-0.4, -0.2) is 36.1 Å². The number of benzene rings is 1. The van der Waals surface area contributed by atoms with E-state index in [0.29, 0.717) is 6.54 Å². The Kier molecular flexibility index (Phi) is 5.14. The highest BCUT2D eigenvalue weighted by Crippen LogP contribution is 2.26. The van der Waals surface area contributed by atoms with Crippen LogP contribution in [0.4, 0.5) is 0 Å². The molecule has 4 heteroatoms. The van der Waals surface area contributed by atoms with Gasteiger partial charge in [-0.3, -0.25) is 0 Å². The van der Waals surface area contributed by atoms with Crippen LogP contribution < -0.4 is 10.1 Å². The highest BCUT2D eigenvalue weighted by atomic mass is 16.5. The van der Waals surface area contributed by atoms with Crippen LogP contribution in [0.2, 0.25) is 0 Å². The van der Waals surface area contributed by atoms with Gasteiger partial charge in [-0.25, -0.2) is 0 Å². The number of ether oxygens (including phenoxy) is 1. The SMILES string of the molecule is COc1cc(C)ccc1C(C)NCC(C)(O)CO. The molecular formula is C14H23NO3. The van der Waals surface area contributed by atoms with Gasteiger partial charge in [-0.1, -0.05) is 12.1 Å². The Morgan fingerprint density at radius 3 is 2.67 bits per heavy atom. The lowest BCUT2D eigenvalue weighted by Gasteiger charge is -2.24. The van der Waals surface area contributed by atoms with Gasteiger partial charge in [0.1, 0.15) is 5.75 Å². The summed E-state index contributed by atoms with van der Waals surface area (Å²) in [4.78, 5) is 0. The fraction of sp³-hybridized carbons (Fsp3) is 0.571. The van der Waals surface area contributed by atoms with Gasteiger partial charge in [0.2, 0.25) is 0 Å². The Morgan fingerprint density at radius 2 is 2.11 bits per heavy atom. The number of nitrogens with one attached hydrogen (secondary N) is 1. The normalized spacial score (nSPS) is 16.1. The second-order valence-corrected chi connectivity index (χ2v) is 5.00. The van der Waals surface area contributed by atoms with Crippen molar-refractivity contribution in [1.29, 1.82) is 0 Å². The minimum atomic E-state index is -1.10. The molecule has 1 aromatic carbocycles. The van der Waals surface area contributed by atoms with Gasteiger partial charge in [0.25, 0.3) is 0 Å². The van der Waals surface area contributed by atoms with Crippen LogP contribution in [0.5, 0.6) is 5.75 Å². The third kappa shape index (κ3) is 3.98. The molecule has 2 unspecified atom stereocenters. The summed E-state index contributed by atoms with van der Waals surface area (Å²) in [6, 6.07) is 6.07. The Morgan fingerprint density at radius 1 is 1.44 bits per heavy atom. The summed E-state index contributed by atoms with van der Waals surface area (Å²) in [7, 11) is 1.65. The minimum Gasteiger partial charge on any atom is -0.496 e. The molecule has 2 atom stereocenters. The molecule has 0 aliphatic rings. The van der Waals surface area contributed by atoms with Gasteiger partial charge in [-0.2, -0.15) is 0 Å². The van der Waals surface area contributed by atoms with Crippen LogP contribution in [0.1, 0.15) is 31.0 Å². The summed E-state index contributed by atoms with van der Waals surface area (Å²) < 4.78 is 5.35. The molecule has 1 aromatic rings. The molecule has 3 N–H and O–H groups in total. The van der Waals surface area contributed by atoms with E-state index in [1.807, 2.05) is 32.0 Å². The summed E-state index contributed by atoms with van der Waals surface area (Å²) in [5.74, 6) is 0.832. The molecule has 0 amide bonds. The van der Waals surface area contributed by atoms with Crippen molar-refractivity contribution in [2.75, 3.05) is 20.3 Å². The number of hydrogen-bond donors (Lipinski definition) is 3. The third-order valence-corrected chi connectivity index (χ3v) is 2.99. The summed E-state index contributed by atoms with van der Waals surface area (Å²) in [6.07, 6.45) is 0. The second kappa shape index (κ2) is 6.18. The molecule has 0 aromatic heterocycles. The van der Waals surface area contributed by atoms with E-state index in [1.54, 1.807) is 14.0 Å². The van der Waals surface area contributed by atoms with Crippen molar-refractivity contribution in [1.82, 2.24) is 5.32 Å². The van der Waals surface area contributed by atoms with Crippen LogP contribution >= 0.6 is 0 Å². The molecule has 0 saturated carbocycles. The summed E-state index contributed by atoms with van der Waals surface area (Å²) >= 11 is 0. The van der Waals surface area contributed by atoms with E-state index in [-0.39, 0.29) is 12.6 Å². The Labute approximate surface area is 109 Å². The van der Waals surface area contributed by atoms with E-state index in [2.05, 4.69) is 5.32 Å². The van der Waals surface area contributed by atoms with Crippen molar-refractivity contribution in [3.05, 3.63) is 29.3 Å². The first-order valence-corrected chi connectivity index (χ1v) is 6.11. The van der Waals surface area contributed by atoms with E-state index in [1.165, 1.54) is 0 Å². The summed E-state index contributed by atoms with van der Waals surface area (Å²) in [6.45, 7) is 5.67. The lowest BCUT2D eigenvalue weighted by atomic mass is 10.0.